The second kappa shape index (κ2) is 5.58. The van der Waals surface area contributed by atoms with Crippen LogP contribution in [0.4, 0.5) is 5.69 Å². The third-order valence-electron chi connectivity index (χ3n) is 4.08. The Labute approximate surface area is 124 Å². The molecular weight excluding hydrogens is 292 g/mol. The van der Waals surface area contributed by atoms with Crippen LogP contribution in [0.15, 0.2) is 24.3 Å². The lowest BCUT2D eigenvalue weighted by Crippen LogP contribution is -2.48. The molecule has 2 heterocycles. The molecule has 4 nitrogen and oxygen atoms in total. The Balaban J connectivity index is 1.77. The number of hydrogen-bond acceptors (Lipinski definition) is 5. The van der Waals surface area contributed by atoms with E-state index in [4.69, 9.17) is 0 Å². The first-order chi connectivity index (χ1) is 9.55. The molecule has 2 unspecified atom stereocenters. The van der Waals surface area contributed by atoms with E-state index < -0.39 is 9.84 Å². The van der Waals surface area contributed by atoms with Crippen molar-refractivity contribution in [1.82, 2.24) is 4.90 Å². The minimum absolute atomic E-state index is 0.325. The van der Waals surface area contributed by atoms with Crippen LogP contribution in [0.2, 0.25) is 0 Å². The van der Waals surface area contributed by atoms with Gasteiger partial charge in [0.15, 0.2) is 9.84 Å². The third-order valence-corrected chi connectivity index (χ3v) is 6.77. The molecule has 0 amide bonds. The van der Waals surface area contributed by atoms with Crippen LogP contribution in [-0.2, 0) is 9.84 Å². The largest absolute Gasteiger partial charge is 0.384 e. The van der Waals surface area contributed by atoms with Gasteiger partial charge >= 0.3 is 0 Å². The summed E-state index contributed by atoms with van der Waals surface area (Å²) in [5.74, 6) is 2.10. The van der Waals surface area contributed by atoms with Crippen molar-refractivity contribution < 1.29 is 8.42 Å². The van der Waals surface area contributed by atoms with Crippen molar-refractivity contribution >= 4 is 27.3 Å². The molecule has 0 spiro atoms. The summed E-state index contributed by atoms with van der Waals surface area (Å²) < 4.78 is 23.9. The van der Waals surface area contributed by atoms with Crippen LogP contribution in [0.3, 0.4) is 0 Å². The fraction of sp³-hybridized carbons (Fsp3) is 0.571. The Morgan fingerprint density at radius 3 is 3.00 bits per heavy atom. The Morgan fingerprint density at radius 1 is 1.40 bits per heavy atom. The molecule has 0 radical (unpaired) electrons. The summed E-state index contributed by atoms with van der Waals surface area (Å²) in [4.78, 5) is 2.15. The molecule has 20 heavy (non-hydrogen) atoms. The highest BCUT2D eigenvalue weighted by Crippen LogP contribution is 2.33. The summed E-state index contributed by atoms with van der Waals surface area (Å²) in [6.45, 7) is 2.59. The number of benzene rings is 1. The van der Waals surface area contributed by atoms with Gasteiger partial charge in [0.2, 0.25) is 0 Å². The predicted octanol–water partition coefficient (Wildman–Crippen LogP) is 1.62. The molecule has 2 aliphatic heterocycles. The number of hydrogen-bond donors (Lipinski definition) is 1. The lowest BCUT2D eigenvalue weighted by atomic mass is 10.0. The van der Waals surface area contributed by atoms with E-state index in [1.807, 2.05) is 6.07 Å². The zero-order chi connectivity index (χ0) is 14.2. The molecule has 1 aromatic carbocycles. The Bertz CT molecular complexity index is 589. The van der Waals surface area contributed by atoms with Crippen LogP contribution in [0.5, 0.6) is 0 Å². The average molecular weight is 312 g/mol. The second-order valence-electron chi connectivity index (χ2n) is 5.52. The lowest BCUT2D eigenvalue weighted by molar-refractivity contribution is 0.257. The molecule has 2 aliphatic rings. The second-order valence-corrected chi connectivity index (χ2v) is 8.87. The van der Waals surface area contributed by atoms with Crippen LogP contribution in [0.1, 0.15) is 11.5 Å². The Kier molecular flexibility index (Phi) is 3.97. The van der Waals surface area contributed by atoms with Crippen molar-refractivity contribution in [3.63, 3.8) is 0 Å². The molecule has 3 rings (SSSR count). The van der Waals surface area contributed by atoms with Gasteiger partial charge in [0.1, 0.15) is 5.37 Å². The first-order valence-corrected chi connectivity index (χ1v) is 10.00. The number of thioether (sulfide) groups is 1. The van der Waals surface area contributed by atoms with E-state index in [0.717, 1.165) is 25.4 Å². The van der Waals surface area contributed by atoms with Crippen molar-refractivity contribution in [2.45, 2.75) is 11.3 Å². The first kappa shape index (κ1) is 14.2. The zero-order valence-electron chi connectivity index (χ0n) is 11.6. The highest BCUT2D eigenvalue weighted by Gasteiger charge is 2.34. The van der Waals surface area contributed by atoms with Gasteiger partial charge in [-0.05, 0) is 11.6 Å². The molecule has 1 saturated heterocycles. The van der Waals surface area contributed by atoms with Crippen LogP contribution in [-0.4, -0.2) is 56.1 Å². The number of anilines is 1. The number of fused-ring (bicyclic) bond motifs is 1. The van der Waals surface area contributed by atoms with Gasteiger partial charge in [-0.1, -0.05) is 18.2 Å². The SMILES string of the molecule is CS(=O)(=O)C1CSCCN1CC1CNc2ccccc21. The summed E-state index contributed by atoms with van der Waals surface area (Å²) >= 11 is 1.74. The van der Waals surface area contributed by atoms with Crippen molar-refractivity contribution in [2.24, 2.45) is 0 Å². The summed E-state index contributed by atoms with van der Waals surface area (Å²) in [5, 5.41) is 3.09. The van der Waals surface area contributed by atoms with E-state index in [9.17, 15) is 8.42 Å². The highest BCUT2D eigenvalue weighted by atomic mass is 32.2. The van der Waals surface area contributed by atoms with E-state index in [-0.39, 0.29) is 5.37 Å². The monoisotopic (exact) mass is 312 g/mol. The molecule has 6 heteroatoms. The normalized spacial score (nSPS) is 27.1. The molecule has 1 aromatic rings. The lowest BCUT2D eigenvalue weighted by Gasteiger charge is -2.35. The van der Waals surface area contributed by atoms with Crippen molar-refractivity contribution in [3.05, 3.63) is 29.8 Å². The summed E-state index contributed by atoms with van der Waals surface area (Å²) in [6.07, 6.45) is 1.36. The van der Waals surface area contributed by atoms with Crippen LogP contribution in [0.25, 0.3) is 0 Å². The molecule has 2 atom stereocenters. The number of para-hydroxylation sites is 1. The average Bonchev–Trinajstić information content (AvgIpc) is 2.82. The molecule has 0 aliphatic carbocycles. The number of nitrogens with one attached hydrogen (secondary N) is 1. The maximum atomic E-state index is 11.9. The van der Waals surface area contributed by atoms with E-state index in [1.165, 1.54) is 17.5 Å². The quantitative estimate of drug-likeness (QED) is 0.919. The van der Waals surface area contributed by atoms with Crippen LogP contribution >= 0.6 is 11.8 Å². The van der Waals surface area contributed by atoms with Crippen LogP contribution < -0.4 is 5.32 Å². The molecule has 110 valence electrons. The van der Waals surface area contributed by atoms with E-state index in [0.29, 0.717) is 11.7 Å². The minimum atomic E-state index is -3.01. The van der Waals surface area contributed by atoms with Gasteiger partial charge in [0.05, 0.1) is 0 Å². The van der Waals surface area contributed by atoms with Gasteiger partial charge in [-0.3, -0.25) is 4.90 Å². The van der Waals surface area contributed by atoms with E-state index >= 15 is 0 Å². The van der Waals surface area contributed by atoms with Crippen molar-refractivity contribution in [1.29, 1.82) is 0 Å². The van der Waals surface area contributed by atoms with Crippen LogP contribution in [0, 0.1) is 0 Å². The van der Waals surface area contributed by atoms with Crippen molar-refractivity contribution in [3.8, 4) is 0 Å². The molecule has 0 bridgehead atoms. The van der Waals surface area contributed by atoms with Gasteiger partial charge in [-0.2, -0.15) is 11.8 Å². The predicted molar refractivity (Wildman–Crippen MR) is 85.2 cm³/mol. The molecule has 1 fully saturated rings. The fourth-order valence-corrected chi connectivity index (χ4v) is 5.97. The summed E-state index contributed by atoms with van der Waals surface area (Å²) in [6, 6.07) is 8.33. The number of nitrogens with zero attached hydrogens (tertiary/aromatic N) is 1. The zero-order valence-corrected chi connectivity index (χ0v) is 13.2. The van der Waals surface area contributed by atoms with Gasteiger partial charge in [-0.15, -0.1) is 0 Å². The fourth-order valence-electron chi connectivity index (χ4n) is 3.02. The first-order valence-electron chi connectivity index (χ1n) is 6.89. The molecule has 0 aromatic heterocycles. The Hall–Kier alpha value is -0.720. The van der Waals surface area contributed by atoms with Crippen molar-refractivity contribution in [2.75, 3.05) is 42.7 Å². The smallest absolute Gasteiger partial charge is 0.164 e. The minimum Gasteiger partial charge on any atom is -0.384 e. The number of rotatable bonds is 3. The highest BCUT2D eigenvalue weighted by molar-refractivity contribution is 8.00. The maximum Gasteiger partial charge on any atom is 0.164 e. The molecular formula is C14H20N2O2S2. The summed E-state index contributed by atoms with van der Waals surface area (Å²) in [7, 11) is -3.01. The van der Waals surface area contributed by atoms with E-state index in [1.54, 1.807) is 11.8 Å². The van der Waals surface area contributed by atoms with E-state index in [2.05, 4.69) is 28.4 Å². The number of sulfone groups is 1. The Morgan fingerprint density at radius 2 is 2.20 bits per heavy atom. The topological polar surface area (TPSA) is 49.4 Å². The standard InChI is InChI=1S/C14H20N2O2S2/c1-20(17,18)14-10-19-7-6-16(14)9-11-8-15-13-5-3-2-4-12(11)13/h2-5,11,14-15H,6-10H2,1H3. The third kappa shape index (κ3) is 2.82. The maximum absolute atomic E-state index is 11.9. The van der Waals surface area contributed by atoms with Gasteiger partial charge in [0, 0.05) is 49.0 Å². The molecule has 0 saturated carbocycles. The molecule has 1 N–H and O–H groups in total. The van der Waals surface area contributed by atoms with Gasteiger partial charge in [-0.25, -0.2) is 8.42 Å². The van der Waals surface area contributed by atoms with Gasteiger partial charge < -0.3 is 5.32 Å². The summed E-state index contributed by atoms with van der Waals surface area (Å²) in [5.41, 5.74) is 2.51. The van der Waals surface area contributed by atoms with Gasteiger partial charge in [0.25, 0.3) is 0 Å².